The summed E-state index contributed by atoms with van der Waals surface area (Å²) in [7, 11) is 0. The lowest BCUT2D eigenvalue weighted by Gasteiger charge is -2.14. The van der Waals surface area contributed by atoms with Gasteiger partial charge < -0.3 is 10.1 Å². The summed E-state index contributed by atoms with van der Waals surface area (Å²) < 4.78 is 6.40. The minimum atomic E-state index is 0.364. The smallest absolute Gasteiger partial charge is 0.0590 e. The fourth-order valence-corrected chi connectivity index (χ4v) is 1.80. The van der Waals surface area contributed by atoms with E-state index in [0.29, 0.717) is 6.04 Å². The first-order valence-corrected chi connectivity index (χ1v) is 6.10. The largest absolute Gasteiger partial charge is 0.380 e. The molecule has 1 aromatic carbocycles. The third-order valence-corrected chi connectivity index (χ3v) is 2.74. The van der Waals surface area contributed by atoms with E-state index in [4.69, 9.17) is 4.74 Å². The molecule has 15 heavy (non-hydrogen) atoms. The lowest BCUT2D eigenvalue weighted by molar-refractivity contribution is 0.147. The van der Waals surface area contributed by atoms with Crippen molar-refractivity contribution in [3.05, 3.63) is 34.3 Å². The molecule has 0 heterocycles. The molecule has 0 unspecified atom stereocenters. The number of ether oxygens (including phenoxy) is 1. The van der Waals surface area contributed by atoms with Crippen LogP contribution in [0.25, 0.3) is 0 Å². The van der Waals surface area contributed by atoms with Crippen LogP contribution in [0.5, 0.6) is 0 Å². The molecule has 0 bridgehead atoms. The molecule has 1 N–H and O–H groups in total. The van der Waals surface area contributed by atoms with Gasteiger partial charge in [0.15, 0.2) is 0 Å². The Labute approximate surface area is 100 Å². The number of benzene rings is 1. The van der Waals surface area contributed by atoms with Crippen molar-refractivity contribution in [2.75, 3.05) is 19.8 Å². The van der Waals surface area contributed by atoms with E-state index in [-0.39, 0.29) is 0 Å². The number of rotatable bonds is 6. The van der Waals surface area contributed by atoms with Crippen LogP contribution >= 0.6 is 15.9 Å². The molecule has 0 fully saturated rings. The van der Waals surface area contributed by atoms with Gasteiger partial charge in [-0.2, -0.15) is 0 Å². The van der Waals surface area contributed by atoms with E-state index in [1.165, 1.54) is 5.56 Å². The fraction of sp³-hybridized carbons (Fsp3) is 0.500. The Morgan fingerprint density at radius 3 is 2.93 bits per heavy atom. The predicted molar refractivity (Wildman–Crippen MR) is 67.1 cm³/mol. The standard InChI is InChI=1S/C12H18BrNO/c1-3-15-8-7-14-10(2)11-5-4-6-12(13)9-11/h4-6,9-10,14H,3,7-8H2,1-2H3/t10-/m0/s1. The van der Waals surface area contributed by atoms with E-state index in [2.05, 4.69) is 46.4 Å². The summed E-state index contributed by atoms with van der Waals surface area (Å²) in [6.07, 6.45) is 0. The summed E-state index contributed by atoms with van der Waals surface area (Å²) >= 11 is 3.47. The van der Waals surface area contributed by atoms with Gasteiger partial charge in [-0.05, 0) is 31.5 Å². The molecule has 2 nitrogen and oxygen atoms in total. The van der Waals surface area contributed by atoms with Gasteiger partial charge >= 0.3 is 0 Å². The molecule has 0 amide bonds. The van der Waals surface area contributed by atoms with Crippen molar-refractivity contribution in [1.82, 2.24) is 5.32 Å². The van der Waals surface area contributed by atoms with E-state index in [9.17, 15) is 0 Å². The highest BCUT2D eigenvalue weighted by molar-refractivity contribution is 9.10. The van der Waals surface area contributed by atoms with Crippen LogP contribution in [0.4, 0.5) is 0 Å². The van der Waals surface area contributed by atoms with Crippen molar-refractivity contribution in [1.29, 1.82) is 0 Å². The van der Waals surface area contributed by atoms with E-state index in [0.717, 1.165) is 24.2 Å². The molecule has 0 radical (unpaired) electrons. The van der Waals surface area contributed by atoms with E-state index >= 15 is 0 Å². The van der Waals surface area contributed by atoms with Crippen LogP contribution in [0.1, 0.15) is 25.5 Å². The molecule has 3 heteroatoms. The molecule has 0 saturated heterocycles. The topological polar surface area (TPSA) is 21.3 Å². The van der Waals surface area contributed by atoms with Crippen molar-refractivity contribution < 1.29 is 4.74 Å². The Hall–Kier alpha value is -0.380. The van der Waals surface area contributed by atoms with Crippen LogP contribution in [0, 0.1) is 0 Å². The zero-order chi connectivity index (χ0) is 11.1. The van der Waals surface area contributed by atoms with Crippen molar-refractivity contribution in [2.24, 2.45) is 0 Å². The van der Waals surface area contributed by atoms with Crippen LogP contribution in [-0.2, 0) is 4.74 Å². The van der Waals surface area contributed by atoms with E-state index in [1.807, 2.05) is 13.0 Å². The van der Waals surface area contributed by atoms with E-state index in [1.54, 1.807) is 0 Å². The molecule has 0 aliphatic carbocycles. The predicted octanol–water partition coefficient (Wildman–Crippen LogP) is 3.14. The summed E-state index contributed by atoms with van der Waals surface area (Å²) in [5, 5.41) is 3.42. The minimum absolute atomic E-state index is 0.364. The molecule has 0 spiro atoms. The average Bonchev–Trinajstić information content (AvgIpc) is 2.24. The fourth-order valence-electron chi connectivity index (χ4n) is 1.39. The van der Waals surface area contributed by atoms with Crippen LogP contribution in [0.2, 0.25) is 0 Å². The summed E-state index contributed by atoms with van der Waals surface area (Å²) in [4.78, 5) is 0. The molecule has 0 aliphatic heterocycles. The van der Waals surface area contributed by atoms with Gasteiger partial charge in [0, 0.05) is 23.7 Å². The molecule has 1 rings (SSSR count). The molecule has 1 atom stereocenters. The Morgan fingerprint density at radius 1 is 1.47 bits per heavy atom. The Morgan fingerprint density at radius 2 is 2.27 bits per heavy atom. The first-order valence-electron chi connectivity index (χ1n) is 5.30. The van der Waals surface area contributed by atoms with Crippen LogP contribution in [0.3, 0.4) is 0 Å². The van der Waals surface area contributed by atoms with Crippen molar-refractivity contribution in [3.8, 4) is 0 Å². The quantitative estimate of drug-likeness (QED) is 0.803. The lowest BCUT2D eigenvalue weighted by Crippen LogP contribution is -2.23. The van der Waals surface area contributed by atoms with Gasteiger partial charge in [0.05, 0.1) is 6.61 Å². The van der Waals surface area contributed by atoms with Gasteiger partial charge in [-0.3, -0.25) is 0 Å². The molecular formula is C12H18BrNO. The van der Waals surface area contributed by atoms with Gasteiger partial charge in [-0.1, -0.05) is 28.1 Å². The molecule has 1 aromatic rings. The second kappa shape index (κ2) is 6.99. The third kappa shape index (κ3) is 4.78. The number of hydrogen-bond donors (Lipinski definition) is 1. The Balaban J connectivity index is 2.36. The number of hydrogen-bond acceptors (Lipinski definition) is 2. The maximum atomic E-state index is 5.27. The van der Waals surface area contributed by atoms with Crippen molar-refractivity contribution in [3.63, 3.8) is 0 Å². The molecular weight excluding hydrogens is 254 g/mol. The summed E-state index contributed by atoms with van der Waals surface area (Å²) in [5.74, 6) is 0. The Kier molecular flexibility index (Phi) is 5.91. The van der Waals surface area contributed by atoms with Crippen LogP contribution < -0.4 is 5.32 Å². The number of halogens is 1. The van der Waals surface area contributed by atoms with Gasteiger partial charge in [0.1, 0.15) is 0 Å². The third-order valence-electron chi connectivity index (χ3n) is 2.25. The summed E-state index contributed by atoms with van der Waals surface area (Å²) in [6, 6.07) is 8.72. The lowest BCUT2D eigenvalue weighted by atomic mass is 10.1. The van der Waals surface area contributed by atoms with Gasteiger partial charge in [-0.15, -0.1) is 0 Å². The highest BCUT2D eigenvalue weighted by atomic mass is 79.9. The van der Waals surface area contributed by atoms with Gasteiger partial charge in [0.25, 0.3) is 0 Å². The first kappa shape index (κ1) is 12.7. The molecule has 84 valence electrons. The van der Waals surface area contributed by atoms with Crippen molar-refractivity contribution in [2.45, 2.75) is 19.9 Å². The minimum Gasteiger partial charge on any atom is -0.380 e. The maximum Gasteiger partial charge on any atom is 0.0590 e. The maximum absolute atomic E-state index is 5.27. The van der Waals surface area contributed by atoms with Crippen LogP contribution in [-0.4, -0.2) is 19.8 Å². The highest BCUT2D eigenvalue weighted by Crippen LogP contribution is 2.17. The summed E-state index contributed by atoms with van der Waals surface area (Å²) in [5.41, 5.74) is 1.29. The Bertz CT molecular complexity index is 291. The SMILES string of the molecule is CCOCCN[C@@H](C)c1cccc(Br)c1. The van der Waals surface area contributed by atoms with Gasteiger partial charge in [-0.25, -0.2) is 0 Å². The zero-order valence-electron chi connectivity index (χ0n) is 9.29. The molecule has 0 aromatic heterocycles. The average molecular weight is 272 g/mol. The zero-order valence-corrected chi connectivity index (χ0v) is 10.9. The van der Waals surface area contributed by atoms with Crippen LogP contribution in [0.15, 0.2) is 28.7 Å². The molecule has 0 aliphatic rings. The highest BCUT2D eigenvalue weighted by Gasteiger charge is 2.03. The monoisotopic (exact) mass is 271 g/mol. The summed E-state index contributed by atoms with van der Waals surface area (Å²) in [6.45, 7) is 6.62. The second-order valence-corrected chi connectivity index (χ2v) is 4.34. The number of nitrogens with one attached hydrogen (secondary N) is 1. The van der Waals surface area contributed by atoms with Crippen molar-refractivity contribution >= 4 is 15.9 Å². The second-order valence-electron chi connectivity index (χ2n) is 3.43. The normalized spacial score (nSPS) is 12.7. The van der Waals surface area contributed by atoms with Gasteiger partial charge in [0.2, 0.25) is 0 Å². The first-order chi connectivity index (χ1) is 7.24. The molecule has 0 saturated carbocycles. The van der Waals surface area contributed by atoms with E-state index < -0.39 is 0 Å².